The van der Waals surface area contributed by atoms with Gasteiger partial charge in [-0.05, 0) is 36.4 Å². The minimum absolute atomic E-state index is 0.0710. The van der Waals surface area contributed by atoms with Crippen molar-refractivity contribution < 1.29 is 19.1 Å². The highest BCUT2D eigenvalue weighted by Crippen LogP contribution is 2.29. The van der Waals surface area contributed by atoms with E-state index in [-0.39, 0.29) is 16.9 Å². The summed E-state index contributed by atoms with van der Waals surface area (Å²) < 4.78 is 11.0. The summed E-state index contributed by atoms with van der Waals surface area (Å²) in [5, 5.41) is 9.84. The van der Waals surface area contributed by atoms with Crippen LogP contribution < -0.4 is 5.73 Å². The average molecular weight is 408 g/mol. The van der Waals surface area contributed by atoms with Gasteiger partial charge in [0.25, 0.3) is 0 Å². The molecular weight excluding hydrogens is 392 g/mol. The molecule has 3 rings (SSSR count). The normalized spacial score (nSPS) is 10.2. The largest absolute Gasteiger partial charge is 0.465 e. The van der Waals surface area contributed by atoms with Crippen molar-refractivity contribution in [3.63, 3.8) is 0 Å². The van der Waals surface area contributed by atoms with Gasteiger partial charge in [0.15, 0.2) is 5.69 Å². The van der Waals surface area contributed by atoms with E-state index in [1.54, 1.807) is 24.3 Å². The van der Waals surface area contributed by atoms with E-state index < -0.39 is 11.9 Å². The van der Waals surface area contributed by atoms with E-state index in [0.29, 0.717) is 16.3 Å². The third-order valence-corrected chi connectivity index (χ3v) is 4.98. The first-order valence-corrected chi connectivity index (χ1v) is 9.12. The summed E-state index contributed by atoms with van der Waals surface area (Å²) in [5.41, 5.74) is 7.32. The zero-order chi connectivity index (χ0) is 21.0. The van der Waals surface area contributed by atoms with Crippen molar-refractivity contribution in [2.24, 2.45) is 0 Å². The number of nitrogens with zero attached hydrogens (tertiary/aromatic N) is 3. The molecule has 9 heteroatoms. The maximum absolute atomic E-state index is 12.1. The average Bonchev–Trinajstić information content (AvgIpc) is 3.09. The molecule has 0 unspecified atom stereocenters. The predicted octanol–water partition coefficient (Wildman–Crippen LogP) is 3.05. The lowest BCUT2D eigenvalue weighted by atomic mass is 10.2. The number of nitrogens with two attached hydrogens (primary N) is 1. The molecule has 2 N–H and O–H groups in total. The van der Waals surface area contributed by atoms with Crippen LogP contribution in [0.25, 0.3) is 5.69 Å². The second kappa shape index (κ2) is 8.50. The van der Waals surface area contributed by atoms with Crippen molar-refractivity contribution >= 4 is 29.4 Å². The molecule has 2 aromatic heterocycles. The predicted molar refractivity (Wildman–Crippen MR) is 106 cm³/mol. The van der Waals surface area contributed by atoms with Crippen LogP contribution in [0.15, 0.2) is 58.7 Å². The van der Waals surface area contributed by atoms with Crippen LogP contribution in [0, 0.1) is 11.3 Å². The van der Waals surface area contributed by atoms with Crippen LogP contribution in [0.4, 0.5) is 5.69 Å². The number of hydrogen-bond acceptors (Lipinski definition) is 8. The fraction of sp³-hybridized carbons (Fsp3) is 0.100. The highest BCUT2D eigenvalue weighted by atomic mass is 32.2. The summed E-state index contributed by atoms with van der Waals surface area (Å²) in [6.45, 7) is 0. The van der Waals surface area contributed by atoms with E-state index in [2.05, 4.69) is 4.98 Å². The molecular formula is C20H16N4O4S. The number of nitrogen functional groups attached to an aromatic ring is 1. The molecule has 0 spiro atoms. The summed E-state index contributed by atoms with van der Waals surface area (Å²) in [6, 6.07) is 12.4. The maximum Gasteiger partial charge on any atom is 0.357 e. The molecule has 0 amide bonds. The SMILES string of the molecule is COC(=O)c1ccnc(Sc2ccc(-n3cc(C#N)c(N)c3C(=O)OC)cc2)c1. The molecule has 146 valence electrons. The summed E-state index contributed by atoms with van der Waals surface area (Å²) in [7, 11) is 2.57. The zero-order valence-corrected chi connectivity index (χ0v) is 16.4. The molecule has 0 aliphatic rings. The second-order valence-electron chi connectivity index (χ2n) is 5.75. The summed E-state index contributed by atoms with van der Waals surface area (Å²) in [4.78, 5) is 28.9. The van der Waals surface area contributed by atoms with E-state index in [1.807, 2.05) is 18.2 Å². The number of pyridine rings is 1. The van der Waals surface area contributed by atoms with E-state index in [9.17, 15) is 14.9 Å². The number of ether oxygens (including phenoxy) is 2. The number of methoxy groups -OCH3 is 2. The Morgan fingerprint density at radius 1 is 1.14 bits per heavy atom. The first kappa shape index (κ1) is 20.0. The topological polar surface area (TPSA) is 120 Å². The monoisotopic (exact) mass is 408 g/mol. The van der Waals surface area contributed by atoms with Crippen molar-refractivity contribution in [2.45, 2.75) is 9.92 Å². The van der Waals surface area contributed by atoms with Crippen LogP contribution in [-0.4, -0.2) is 35.7 Å². The van der Waals surface area contributed by atoms with Gasteiger partial charge in [0.05, 0.1) is 31.0 Å². The number of nitriles is 1. The minimum Gasteiger partial charge on any atom is -0.465 e. The minimum atomic E-state index is -0.633. The number of benzene rings is 1. The van der Waals surface area contributed by atoms with E-state index >= 15 is 0 Å². The first-order valence-electron chi connectivity index (χ1n) is 8.30. The highest BCUT2D eigenvalue weighted by Gasteiger charge is 2.21. The Bertz CT molecular complexity index is 1120. The third-order valence-electron chi connectivity index (χ3n) is 4.04. The Hall–Kier alpha value is -3.77. The van der Waals surface area contributed by atoms with Crippen LogP contribution in [-0.2, 0) is 9.47 Å². The molecule has 0 saturated carbocycles. The molecule has 0 aliphatic heterocycles. The summed E-state index contributed by atoms with van der Waals surface area (Å²) in [5.74, 6) is -1.07. The van der Waals surface area contributed by atoms with E-state index in [0.717, 1.165) is 4.90 Å². The number of hydrogen-bond donors (Lipinski definition) is 1. The van der Waals surface area contributed by atoms with Gasteiger partial charge in [0.2, 0.25) is 0 Å². The van der Waals surface area contributed by atoms with Crippen LogP contribution >= 0.6 is 11.8 Å². The summed E-state index contributed by atoms with van der Waals surface area (Å²) in [6.07, 6.45) is 3.03. The fourth-order valence-electron chi connectivity index (χ4n) is 2.62. The maximum atomic E-state index is 12.1. The summed E-state index contributed by atoms with van der Waals surface area (Å²) >= 11 is 1.36. The van der Waals surface area contributed by atoms with Gasteiger partial charge in [-0.3, -0.25) is 0 Å². The number of rotatable bonds is 5. The Morgan fingerprint density at radius 2 is 1.83 bits per heavy atom. The van der Waals surface area contributed by atoms with Gasteiger partial charge in [0.1, 0.15) is 11.1 Å². The standard InChI is InChI=1S/C20H16N4O4S/c1-27-19(25)12-7-8-23-16(9-12)29-15-5-3-14(4-6-15)24-11-13(10-21)17(22)18(24)20(26)28-2/h3-9,11H,22H2,1-2H3. The molecule has 1 aromatic carbocycles. The van der Waals surface area contributed by atoms with Crippen LogP contribution in [0.5, 0.6) is 0 Å². The third kappa shape index (κ3) is 4.07. The van der Waals surface area contributed by atoms with Crippen molar-refractivity contribution in [3.05, 3.63) is 65.6 Å². The van der Waals surface area contributed by atoms with Gasteiger partial charge in [0, 0.05) is 23.0 Å². The van der Waals surface area contributed by atoms with E-state index in [1.165, 1.54) is 42.9 Å². The van der Waals surface area contributed by atoms with Crippen molar-refractivity contribution in [1.29, 1.82) is 5.26 Å². The van der Waals surface area contributed by atoms with Gasteiger partial charge < -0.3 is 19.8 Å². The Labute approximate surface area is 170 Å². The lowest BCUT2D eigenvalue weighted by Gasteiger charge is -2.09. The number of anilines is 1. The first-order chi connectivity index (χ1) is 14.0. The fourth-order valence-corrected chi connectivity index (χ4v) is 3.44. The number of carbonyl (C=O) groups is 2. The molecule has 0 bridgehead atoms. The van der Waals surface area contributed by atoms with Crippen molar-refractivity contribution in [3.8, 4) is 11.8 Å². The molecule has 2 heterocycles. The van der Waals surface area contributed by atoms with Gasteiger partial charge in [-0.25, -0.2) is 14.6 Å². The Morgan fingerprint density at radius 3 is 2.45 bits per heavy atom. The molecule has 8 nitrogen and oxygen atoms in total. The smallest absolute Gasteiger partial charge is 0.357 e. The molecule has 0 radical (unpaired) electrons. The van der Waals surface area contributed by atoms with Gasteiger partial charge in [-0.15, -0.1) is 0 Å². The zero-order valence-electron chi connectivity index (χ0n) is 15.6. The number of esters is 2. The Balaban J connectivity index is 1.89. The highest BCUT2D eigenvalue weighted by molar-refractivity contribution is 7.99. The quantitative estimate of drug-likeness (QED) is 0.640. The molecule has 0 aliphatic carbocycles. The lowest BCUT2D eigenvalue weighted by Crippen LogP contribution is -2.11. The molecule has 3 aromatic rings. The molecule has 29 heavy (non-hydrogen) atoms. The van der Waals surface area contributed by atoms with Crippen LogP contribution in [0.3, 0.4) is 0 Å². The van der Waals surface area contributed by atoms with Crippen LogP contribution in [0.1, 0.15) is 26.4 Å². The lowest BCUT2D eigenvalue weighted by molar-refractivity contribution is 0.0587. The Kier molecular flexibility index (Phi) is 5.85. The van der Waals surface area contributed by atoms with Crippen LogP contribution in [0.2, 0.25) is 0 Å². The number of aromatic nitrogens is 2. The van der Waals surface area contributed by atoms with Crippen molar-refractivity contribution in [1.82, 2.24) is 9.55 Å². The van der Waals surface area contributed by atoms with Gasteiger partial charge in [-0.2, -0.15) is 5.26 Å². The number of carbonyl (C=O) groups excluding carboxylic acids is 2. The van der Waals surface area contributed by atoms with Gasteiger partial charge >= 0.3 is 11.9 Å². The van der Waals surface area contributed by atoms with E-state index in [4.69, 9.17) is 15.2 Å². The molecule has 0 saturated heterocycles. The molecule has 0 fully saturated rings. The van der Waals surface area contributed by atoms with Gasteiger partial charge in [-0.1, -0.05) is 11.8 Å². The molecule has 0 atom stereocenters. The second-order valence-corrected chi connectivity index (χ2v) is 6.84. The van der Waals surface area contributed by atoms with Crippen molar-refractivity contribution in [2.75, 3.05) is 20.0 Å².